The van der Waals surface area contributed by atoms with Gasteiger partial charge < -0.3 is 4.74 Å². The molecule has 0 bridgehead atoms. The average Bonchev–Trinajstić information content (AvgIpc) is 2.31. The smallest absolute Gasteiger partial charge is 0.427 e. The molecule has 0 atom stereocenters. The summed E-state index contributed by atoms with van der Waals surface area (Å²) in [7, 11) is 0. The van der Waals surface area contributed by atoms with Crippen molar-refractivity contribution in [2.24, 2.45) is 11.1 Å². The minimum Gasteiger partial charge on any atom is -0.427 e. The lowest BCUT2D eigenvalue weighted by Crippen LogP contribution is -2.27. The summed E-state index contributed by atoms with van der Waals surface area (Å²) < 4.78 is 5.01. The van der Waals surface area contributed by atoms with E-state index in [2.05, 4.69) is 29.4 Å². The molecule has 1 aliphatic rings. The molecule has 0 unspecified atom stereocenters. The van der Waals surface area contributed by atoms with Gasteiger partial charge in [-0.25, -0.2) is 4.79 Å². The van der Waals surface area contributed by atoms with Crippen LogP contribution in [0.1, 0.15) is 39.2 Å². The topological polar surface area (TPSA) is 47.9 Å². The molecule has 1 fully saturated rings. The second-order valence-corrected chi connectivity index (χ2v) is 6.18. The number of hydrogen-bond donors (Lipinski definition) is 0. The molecule has 0 heterocycles. The lowest BCUT2D eigenvalue weighted by Gasteiger charge is -2.27. The first kappa shape index (κ1) is 14.6. The van der Waals surface area contributed by atoms with Crippen LogP contribution in [0.15, 0.2) is 35.5 Å². The third-order valence-corrected chi connectivity index (χ3v) is 3.05. The molecule has 4 nitrogen and oxygen atoms in total. The molecular weight excluding hydrogens is 254 g/mol. The van der Waals surface area contributed by atoms with Gasteiger partial charge in [0.15, 0.2) is 0 Å². The molecule has 1 saturated carbocycles. The first-order chi connectivity index (χ1) is 9.42. The highest BCUT2D eigenvalue weighted by Gasteiger charge is 2.26. The van der Waals surface area contributed by atoms with E-state index in [1.54, 1.807) is 20.8 Å². The predicted molar refractivity (Wildman–Crippen MR) is 77.6 cm³/mol. The van der Waals surface area contributed by atoms with E-state index in [4.69, 9.17) is 9.57 Å². The maximum atomic E-state index is 11.3. The zero-order chi connectivity index (χ0) is 14.6. The van der Waals surface area contributed by atoms with Crippen LogP contribution in [0.5, 0.6) is 0 Å². The van der Waals surface area contributed by atoms with Gasteiger partial charge >= 0.3 is 6.16 Å². The van der Waals surface area contributed by atoms with Gasteiger partial charge in [-0.3, -0.25) is 4.84 Å². The van der Waals surface area contributed by atoms with E-state index in [1.807, 2.05) is 6.07 Å². The van der Waals surface area contributed by atoms with Gasteiger partial charge in [-0.05, 0) is 51.5 Å². The van der Waals surface area contributed by atoms with Crippen LogP contribution < -0.4 is 0 Å². The van der Waals surface area contributed by atoms with E-state index in [0.29, 0.717) is 5.92 Å². The Balaban J connectivity index is 1.71. The Labute approximate surface area is 119 Å². The monoisotopic (exact) mass is 275 g/mol. The molecule has 0 spiro atoms. The summed E-state index contributed by atoms with van der Waals surface area (Å²) >= 11 is 0. The lowest BCUT2D eigenvalue weighted by atomic mass is 9.79. The van der Waals surface area contributed by atoms with E-state index >= 15 is 0 Å². The number of carbonyl (C=O) groups is 1. The number of nitrogens with zero attached hydrogens (tertiary/aromatic N) is 1. The SMILES string of the molecule is CC(C)(C)OC(=O)ON=C1CC(Cc2ccccc2)C1. The molecular formula is C16H21NO3. The van der Waals surface area contributed by atoms with Crippen molar-refractivity contribution in [3.63, 3.8) is 0 Å². The fourth-order valence-electron chi connectivity index (χ4n) is 2.14. The van der Waals surface area contributed by atoms with Gasteiger partial charge in [0.2, 0.25) is 0 Å². The summed E-state index contributed by atoms with van der Waals surface area (Å²) in [4.78, 5) is 16.1. The van der Waals surface area contributed by atoms with Crippen molar-refractivity contribution in [2.75, 3.05) is 0 Å². The van der Waals surface area contributed by atoms with E-state index < -0.39 is 11.8 Å². The van der Waals surface area contributed by atoms with Gasteiger partial charge in [0.1, 0.15) is 5.60 Å². The van der Waals surface area contributed by atoms with Crippen LogP contribution in [0, 0.1) is 5.92 Å². The fraction of sp³-hybridized carbons (Fsp3) is 0.500. The molecule has 0 N–H and O–H groups in total. The van der Waals surface area contributed by atoms with Crippen molar-refractivity contribution in [3.8, 4) is 0 Å². The number of hydrogen-bond acceptors (Lipinski definition) is 4. The Kier molecular flexibility index (Phi) is 4.42. The molecule has 0 saturated heterocycles. The molecule has 20 heavy (non-hydrogen) atoms. The lowest BCUT2D eigenvalue weighted by molar-refractivity contribution is -0.00677. The molecule has 108 valence electrons. The first-order valence-electron chi connectivity index (χ1n) is 6.92. The summed E-state index contributed by atoms with van der Waals surface area (Å²) in [5, 5.41) is 3.85. The van der Waals surface area contributed by atoms with E-state index in [9.17, 15) is 4.79 Å². The van der Waals surface area contributed by atoms with Gasteiger partial charge in [0, 0.05) is 0 Å². The number of oxime groups is 1. The number of rotatable bonds is 3. The first-order valence-corrected chi connectivity index (χ1v) is 6.92. The Hall–Kier alpha value is -1.84. The van der Waals surface area contributed by atoms with Crippen LogP contribution in [-0.2, 0) is 16.0 Å². The van der Waals surface area contributed by atoms with Crippen LogP contribution in [0.4, 0.5) is 4.79 Å². The Morgan fingerprint density at radius 1 is 1.25 bits per heavy atom. The Morgan fingerprint density at radius 3 is 2.50 bits per heavy atom. The van der Waals surface area contributed by atoms with Gasteiger partial charge in [-0.15, -0.1) is 0 Å². The van der Waals surface area contributed by atoms with Crippen molar-refractivity contribution in [2.45, 2.75) is 45.6 Å². The summed E-state index contributed by atoms with van der Waals surface area (Å²) in [5.41, 5.74) is 1.72. The second kappa shape index (κ2) is 6.07. The van der Waals surface area contributed by atoms with Crippen LogP contribution in [-0.4, -0.2) is 17.5 Å². The van der Waals surface area contributed by atoms with E-state index in [0.717, 1.165) is 25.0 Å². The summed E-state index contributed by atoms with van der Waals surface area (Å²) in [6.45, 7) is 5.38. The molecule has 1 aliphatic carbocycles. The van der Waals surface area contributed by atoms with Crippen LogP contribution in [0.3, 0.4) is 0 Å². The van der Waals surface area contributed by atoms with Crippen LogP contribution in [0.25, 0.3) is 0 Å². The molecule has 0 radical (unpaired) electrons. The summed E-state index contributed by atoms with van der Waals surface area (Å²) in [6, 6.07) is 10.4. The summed E-state index contributed by atoms with van der Waals surface area (Å²) in [5.74, 6) is 0.596. The third-order valence-electron chi connectivity index (χ3n) is 3.05. The fourth-order valence-corrected chi connectivity index (χ4v) is 2.14. The minimum atomic E-state index is -0.739. The Bertz CT molecular complexity index is 480. The zero-order valence-corrected chi connectivity index (χ0v) is 12.3. The van der Waals surface area contributed by atoms with Crippen molar-refractivity contribution < 1.29 is 14.4 Å². The highest BCUT2D eigenvalue weighted by Crippen LogP contribution is 2.28. The Morgan fingerprint density at radius 2 is 1.90 bits per heavy atom. The normalized spacial score (nSPS) is 18.1. The predicted octanol–water partition coefficient (Wildman–Crippen LogP) is 3.95. The van der Waals surface area contributed by atoms with Crippen LogP contribution in [0.2, 0.25) is 0 Å². The van der Waals surface area contributed by atoms with Crippen molar-refractivity contribution in [3.05, 3.63) is 35.9 Å². The average molecular weight is 275 g/mol. The summed E-state index contributed by atoms with van der Waals surface area (Å²) in [6.07, 6.45) is 2.08. The van der Waals surface area contributed by atoms with Gasteiger partial charge in [0.25, 0.3) is 0 Å². The standard InChI is InChI=1S/C16H21NO3/c1-16(2,3)19-15(18)20-17-14-10-13(11-14)9-12-7-5-4-6-8-12/h4-8,13H,9-11H2,1-3H3. The zero-order valence-electron chi connectivity index (χ0n) is 12.3. The largest absolute Gasteiger partial charge is 0.535 e. The van der Waals surface area contributed by atoms with Gasteiger partial charge in [0.05, 0.1) is 5.71 Å². The maximum absolute atomic E-state index is 11.3. The van der Waals surface area contributed by atoms with E-state index in [1.165, 1.54) is 5.56 Å². The van der Waals surface area contributed by atoms with Crippen LogP contribution >= 0.6 is 0 Å². The molecule has 0 aromatic heterocycles. The van der Waals surface area contributed by atoms with Gasteiger partial charge in [-0.2, -0.15) is 0 Å². The highest BCUT2D eigenvalue weighted by atomic mass is 16.8. The minimum absolute atomic E-state index is 0.549. The number of carbonyl (C=O) groups excluding carboxylic acids is 1. The molecule has 1 aromatic carbocycles. The number of benzene rings is 1. The van der Waals surface area contributed by atoms with Crippen molar-refractivity contribution >= 4 is 11.9 Å². The second-order valence-electron chi connectivity index (χ2n) is 6.18. The molecule has 0 aliphatic heterocycles. The van der Waals surface area contributed by atoms with Crippen molar-refractivity contribution in [1.82, 2.24) is 0 Å². The van der Waals surface area contributed by atoms with Gasteiger partial charge in [-0.1, -0.05) is 35.5 Å². The molecule has 2 rings (SSSR count). The number of ether oxygens (including phenoxy) is 1. The highest BCUT2D eigenvalue weighted by molar-refractivity contribution is 5.90. The maximum Gasteiger partial charge on any atom is 0.535 e. The van der Waals surface area contributed by atoms with Crippen molar-refractivity contribution in [1.29, 1.82) is 0 Å². The molecule has 1 aromatic rings. The van der Waals surface area contributed by atoms with E-state index in [-0.39, 0.29) is 0 Å². The molecule has 0 amide bonds. The third kappa shape index (κ3) is 4.68. The molecule has 4 heteroatoms. The quantitative estimate of drug-likeness (QED) is 0.477.